The molecule has 18 heavy (non-hydrogen) atoms. The van der Waals surface area contributed by atoms with Crippen LogP contribution in [-0.4, -0.2) is 24.9 Å². The number of carbonyl (C=O) groups is 1. The molecular weight excluding hydrogens is 240 g/mol. The third-order valence-electron chi connectivity index (χ3n) is 2.64. The van der Waals surface area contributed by atoms with Crippen molar-refractivity contribution in [2.75, 3.05) is 0 Å². The van der Waals surface area contributed by atoms with Gasteiger partial charge in [-0.15, -0.1) is 0 Å². The van der Waals surface area contributed by atoms with Gasteiger partial charge in [0, 0.05) is 21.0 Å². The quantitative estimate of drug-likeness (QED) is 0.621. The minimum Gasteiger partial charge on any atom is -0.304 e. The number of aromatic amines is 1. The van der Waals surface area contributed by atoms with Gasteiger partial charge in [0.25, 0.3) is 11.1 Å². The van der Waals surface area contributed by atoms with Gasteiger partial charge in [-0.25, -0.2) is 9.78 Å². The lowest BCUT2D eigenvalue weighted by atomic mass is 10.3. The number of aromatic nitrogens is 4. The van der Waals surface area contributed by atoms with Crippen molar-refractivity contribution >= 4 is 16.9 Å². The van der Waals surface area contributed by atoms with Gasteiger partial charge in [0.1, 0.15) is 5.65 Å². The molecule has 0 aliphatic rings. The molecule has 0 saturated carbocycles. The molecule has 0 aliphatic heterocycles. The Morgan fingerprint density at radius 2 is 1.78 bits per heavy atom. The van der Waals surface area contributed by atoms with E-state index in [1.807, 2.05) is 0 Å². The maximum absolute atomic E-state index is 11.8. The molecule has 0 unspecified atom stereocenters. The van der Waals surface area contributed by atoms with Crippen molar-refractivity contribution in [2.45, 2.75) is 6.92 Å². The highest BCUT2D eigenvalue weighted by Gasteiger charge is 2.15. The molecule has 94 valence electrons. The van der Waals surface area contributed by atoms with Crippen LogP contribution in [0.5, 0.6) is 0 Å². The van der Waals surface area contributed by atoms with Gasteiger partial charge in [-0.05, 0) is 0 Å². The average molecular weight is 250 g/mol. The van der Waals surface area contributed by atoms with Crippen LogP contribution >= 0.6 is 0 Å². The number of H-pyrrole nitrogens is 1. The van der Waals surface area contributed by atoms with Gasteiger partial charge in [-0.2, -0.15) is 0 Å². The summed E-state index contributed by atoms with van der Waals surface area (Å²) in [7, 11) is 2.69. The summed E-state index contributed by atoms with van der Waals surface area (Å²) in [6, 6.07) is 0. The molecule has 0 aliphatic carbocycles. The van der Waals surface area contributed by atoms with Crippen LogP contribution in [0.4, 0.5) is 0 Å². The molecule has 0 aromatic carbocycles. The molecule has 2 aromatic heterocycles. The zero-order valence-electron chi connectivity index (χ0n) is 9.97. The molecule has 2 aromatic rings. The fraction of sp³-hybridized carbons (Fsp3) is 0.300. The van der Waals surface area contributed by atoms with Gasteiger partial charge in [0.05, 0.1) is 0 Å². The summed E-state index contributed by atoms with van der Waals surface area (Å²) in [5, 5.41) is 0. The van der Waals surface area contributed by atoms with Gasteiger partial charge in [0.2, 0.25) is 0 Å². The first-order valence-corrected chi connectivity index (χ1v) is 5.05. The topological polar surface area (TPSA) is 107 Å². The number of aryl methyl sites for hydroxylation is 1. The minimum absolute atomic E-state index is 0.00176. The van der Waals surface area contributed by atoms with Crippen molar-refractivity contribution in [3.8, 4) is 0 Å². The van der Waals surface area contributed by atoms with Crippen LogP contribution in [-0.2, 0) is 14.1 Å². The normalized spacial score (nSPS) is 10.8. The minimum atomic E-state index is -0.724. The van der Waals surface area contributed by atoms with E-state index in [2.05, 4.69) is 9.97 Å². The number of hydrogen-bond acceptors (Lipinski definition) is 5. The number of nitrogens with one attached hydrogen (secondary N) is 1. The van der Waals surface area contributed by atoms with E-state index in [1.165, 1.54) is 21.0 Å². The molecule has 2 heterocycles. The van der Waals surface area contributed by atoms with Gasteiger partial charge in [0.15, 0.2) is 17.0 Å². The summed E-state index contributed by atoms with van der Waals surface area (Å²) < 4.78 is 1.95. The fourth-order valence-corrected chi connectivity index (χ4v) is 1.64. The highest BCUT2D eigenvalue weighted by Crippen LogP contribution is 1.98. The Hall–Kier alpha value is -2.51. The van der Waals surface area contributed by atoms with E-state index in [-0.39, 0.29) is 16.9 Å². The third kappa shape index (κ3) is 1.50. The number of fused-ring (bicyclic) bond motifs is 1. The first-order chi connectivity index (χ1) is 8.34. The van der Waals surface area contributed by atoms with Crippen LogP contribution < -0.4 is 16.8 Å². The maximum atomic E-state index is 11.8. The second-order valence-electron chi connectivity index (χ2n) is 3.87. The van der Waals surface area contributed by atoms with E-state index >= 15 is 0 Å². The Kier molecular flexibility index (Phi) is 2.50. The highest BCUT2D eigenvalue weighted by molar-refractivity contribution is 5.93. The van der Waals surface area contributed by atoms with E-state index in [4.69, 9.17) is 0 Å². The molecule has 0 spiro atoms. The Morgan fingerprint density at radius 3 is 2.33 bits per heavy atom. The first-order valence-electron chi connectivity index (χ1n) is 5.05. The van der Waals surface area contributed by atoms with Crippen molar-refractivity contribution in [2.24, 2.45) is 14.1 Å². The number of hydrogen-bond donors (Lipinski definition) is 1. The summed E-state index contributed by atoms with van der Waals surface area (Å²) in [5.74, 6) is -0.547. The molecule has 0 atom stereocenters. The Labute approximate surface area is 99.5 Å². The number of Topliss-reactive ketones (excluding diaryl/α,β-unsaturated/α-hetero) is 1. The average Bonchev–Trinajstić information content (AvgIpc) is 2.33. The monoisotopic (exact) mass is 250 g/mol. The maximum Gasteiger partial charge on any atom is 0.332 e. The molecule has 8 heteroatoms. The van der Waals surface area contributed by atoms with E-state index < -0.39 is 22.6 Å². The smallest absolute Gasteiger partial charge is 0.304 e. The number of rotatable bonds is 1. The Morgan fingerprint density at radius 1 is 1.17 bits per heavy atom. The van der Waals surface area contributed by atoms with Crippen molar-refractivity contribution in [1.82, 2.24) is 19.1 Å². The van der Waals surface area contributed by atoms with Crippen molar-refractivity contribution in [1.29, 1.82) is 0 Å². The predicted octanol–water partition coefficient (Wildman–Crippen LogP) is -1.48. The predicted molar refractivity (Wildman–Crippen MR) is 62.9 cm³/mol. The summed E-state index contributed by atoms with van der Waals surface area (Å²) in [6.07, 6.45) is 0. The van der Waals surface area contributed by atoms with Crippen LogP contribution in [0.1, 0.15) is 17.4 Å². The lowest BCUT2D eigenvalue weighted by Gasteiger charge is -2.06. The van der Waals surface area contributed by atoms with Crippen LogP contribution in [0, 0.1) is 0 Å². The zero-order valence-corrected chi connectivity index (χ0v) is 9.97. The fourth-order valence-electron chi connectivity index (χ4n) is 1.64. The zero-order chi connectivity index (χ0) is 13.6. The van der Waals surface area contributed by atoms with Crippen molar-refractivity contribution < 1.29 is 4.79 Å². The number of carbonyl (C=O) groups excluding carboxylic acids is 1. The lowest BCUT2D eigenvalue weighted by Crippen LogP contribution is -2.39. The van der Waals surface area contributed by atoms with Crippen molar-refractivity contribution in [3.05, 3.63) is 36.9 Å². The largest absolute Gasteiger partial charge is 0.332 e. The van der Waals surface area contributed by atoms with Gasteiger partial charge < -0.3 is 4.98 Å². The van der Waals surface area contributed by atoms with E-state index in [0.717, 1.165) is 9.13 Å². The van der Waals surface area contributed by atoms with Crippen LogP contribution in [0.2, 0.25) is 0 Å². The lowest BCUT2D eigenvalue weighted by molar-refractivity contribution is 0.101. The van der Waals surface area contributed by atoms with Crippen LogP contribution in [0.3, 0.4) is 0 Å². The number of nitrogens with zero attached hydrogens (tertiary/aromatic N) is 3. The Balaban J connectivity index is 3.14. The van der Waals surface area contributed by atoms with Crippen molar-refractivity contribution in [3.63, 3.8) is 0 Å². The Bertz CT molecular complexity index is 840. The number of ketones is 1. The standard InChI is InChI=1S/C10H10N4O4/c1-4(15)5-8(16)12-7-6(11-5)9(17)14(3)10(18)13(7)2/h1-3H3,(H,12,16). The van der Waals surface area contributed by atoms with Gasteiger partial charge in [-0.1, -0.05) is 0 Å². The SMILES string of the molecule is CC(=O)c1nc2c(=O)n(C)c(=O)n(C)c2[nH]c1=O. The van der Waals surface area contributed by atoms with Crippen LogP contribution in [0.15, 0.2) is 14.4 Å². The van der Waals surface area contributed by atoms with E-state index in [1.54, 1.807) is 0 Å². The molecule has 0 amide bonds. The summed E-state index contributed by atoms with van der Waals surface area (Å²) >= 11 is 0. The molecule has 0 saturated heterocycles. The summed E-state index contributed by atoms with van der Waals surface area (Å²) in [6.45, 7) is 1.18. The van der Waals surface area contributed by atoms with Gasteiger partial charge in [-0.3, -0.25) is 23.5 Å². The molecule has 0 radical (unpaired) electrons. The molecule has 2 rings (SSSR count). The molecule has 1 N–H and O–H groups in total. The molecule has 8 nitrogen and oxygen atoms in total. The summed E-state index contributed by atoms with van der Waals surface area (Å²) in [4.78, 5) is 52.3. The second kappa shape index (κ2) is 3.76. The molecule has 0 bridgehead atoms. The second-order valence-corrected chi connectivity index (χ2v) is 3.87. The van der Waals surface area contributed by atoms with E-state index in [9.17, 15) is 19.2 Å². The van der Waals surface area contributed by atoms with Gasteiger partial charge >= 0.3 is 5.69 Å². The molecule has 0 fully saturated rings. The highest BCUT2D eigenvalue weighted by atomic mass is 16.2. The molecular formula is C10H10N4O4. The first kappa shape index (κ1) is 12.0. The van der Waals surface area contributed by atoms with E-state index in [0.29, 0.717) is 0 Å². The van der Waals surface area contributed by atoms with Crippen LogP contribution in [0.25, 0.3) is 11.2 Å². The summed E-state index contributed by atoms with van der Waals surface area (Å²) in [5.41, 5.74) is -2.44. The third-order valence-corrected chi connectivity index (χ3v) is 2.64.